The third kappa shape index (κ3) is 4.29. The zero-order chi connectivity index (χ0) is 18.5. The molecule has 3 N–H and O–H groups in total. The van der Waals surface area contributed by atoms with E-state index in [0.29, 0.717) is 25.9 Å². The van der Waals surface area contributed by atoms with Crippen molar-refractivity contribution < 1.29 is 9.59 Å². The van der Waals surface area contributed by atoms with E-state index in [4.69, 9.17) is 5.73 Å². The molecule has 1 aliphatic rings. The summed E-state index contributed by atoms with van der Waals surface area (Å²) in [6.07, 6.45) is 1.38. The van der Waals surface area contributed by atoms with E-state index in [1.54, 1.807) is 0 Å². The maximum absolute atomic E-state index is 13.1. The van der Waals surface area contributed by atoms with Gasteiger partial charge < -0.3 is 11.1 Å². The maximum Gasteiger partial charge on any atom is 0.246 e. The Labute approximate surface area is 154 Å². The quantitative estimate of drug-likeness (QED) is 0.870. The third-order valence-corrected chi connectivity index (χ3v) is 4.98. The van der Waals surface area contributed by atoms with Crippen molar-refractivity contribution in [1.82, 2.24) is 4.90 Å². The van der Waals surface area contributed by atoms with Gasteiger partial charge in [0.25, 0.3) is 0 Å². The van der Waals surface area contributed by atoms with E-state index >= 15 is 0 Å². The minimum atomic E-state index is -0.383. The molecule has 5 nitrogen and oxygen atoms in total. The van der Waals surface area contributed by atoms with Crippen LogP contribution in [0.5, 0.6) is 0 Å². The Bertz CT molecular complexity index is 751. The molecule has 1 heterocycles. The largest absolute Gasteiger partial charge is 0.369 e. The van der Waals surface area contributed by atoms with Crippen LogP contribution in [0.25, 0.3) is 0 Å². The van der Waals surface area contributed by atoms with Crippen LogP contribution < -0.4 is 11.1 Å². The number of rotatable bonds is 5. The first-order chi connectivity index (χ1) is 12.5. The second-order valence-corrected chi connectivity index (χ2v) is 6.88. The first kappa shape index (κ1) is 18.1. The van der Waals surface area contributed by atoms with E-state index < -0.39 is 0 Å². The number of nitrogens with zero attached hydrogens (tertiary/aromatic N) is 1. The van der Waals surface area contributed by atoms with Crippen LogP contribution in [-0.4, -0.2) is 29.8 Å². The molecule has 0 unspecified atom stereocenters. The van der Waals surface area contributed by atoms with E-state index in [0.717, 1.165) is 16.8 Å². The summed E-state index contributed by atoms with van der Waals surface area (Å²) in [6.45, 7) is 3.37. The Morgan fingerprint density at radius 3 is 2.23 bits per heavy atom. The third-order valence-electron chi connectivity index (χ3n) is 4.98. The molecule has 0 spiro atoms. The average Bonchev–Trinajstić information content (AvgIpc) is 2.65. The van der Waals surface area contributed by atoms with Crippen LogP contribution >= 0.6 is 0 Å². The van der Waals surface area contributed by atoms with Crippen molar-refractivity contribution in [3.8, 4) is 0 Å². The van der Waals surface area contributed by atoms with Crippen molar-refractivity contribution >= 4 is 17.5 Å². The van der Waals surface area contributed by atoms with Gasteiger partial charge in [-0.2, -0.15) is 0 Å². The molecule has 136 valence electrons. The number of benzene rings is 2. The summed E-state index contributed by atoms with van der Waals surface area (Å²) in [7, 11) is 0. The first-order valence-corrected chi connectivity index (χ1v) is 9.00. The number of anilines is 1. The van der Waals surface area contributed by atoms with Crippen molar-refractivity contribution in [2.24, 2.45) is 11.7 Å². The van der Waals surface area contributed by atoms with Gasteiger partial charge in [-0.25, -0.2) is 0 Å². The van der Waals surface area contributed by atoms with Gasteiger partial charge in [-0.05, 0) is 50.6 Å². The summed E-state index contributed by atoms with van der Waals surface area (Å²) in [6, 6.07) is 17.2. The second-order valence-electron chi connectivity index (χ2n) is 6.88. The molecule has 2 amide bonds. The lowest BCUT2D eigenvalue weighted by atomic mass is 9.93. The number of hydrogen-bond acceptors (Lipinski definition) is 3. The molecule has 0 saturated carbocycles. The number of amides is 2. The van der Waals surface area contributed by atoms with E-state index in [2.05, 4.69) is 10.2 Å². The van der Waals surface area contributed by atoms with E-state index in [1.807, 2.05) is 61.5 Å². The lowest BCUT2D eigenvalue weighted by Gasteiger charge is -2.36. The number of nitrogens with one attached hydrogen (secondary N) is 1. The molecule has 1 saturated heterocycles. The lowest BCUT2D eigenvalue weighted by molar-refractivity contribution is -0.125. The van der Waals surface area contributed by atoms with Crippen LogP contribution in [0.15, 0.2) is 54.6 Å². The van der Waals surface area contributed by atoms with Crippen LogP contribution in [0.3, 0.4) is 0 Å². The lowest BCUT2D eigenvalue weighted by Crippen LogP contribution is -2.44. The number of nitrogens with two attached hydrogens (primary N) is 1. The summed E-state index contributed by atoms with van der Waals surface area (Å²) in [5.41, 5.74) is 8.33. The molecule has 0 bridgehead atoms. The molecule has 3 rings (SSSR count). The van der Waals surface area contributed by atoms with Crippen LogP contribution in [0.1, 0.15) is 30.0 Å². The van der Waals surface area contributed by atoms with Crippen molar-refractivity contribution in [3.63, 3.8) is 0 Å². The first-order valence-electron chi connectivity index (χ1n) is 9.00. The molecule has 1 aliphatic heterocycles. The summed E-state index contributed by atoms with van der Waals surface area (Å²) < 4.78 is 0. The molecule has 0 radical (unpaired) electrons. The predicted molar refractivity (Wildman–Crippen MR) is 102 cm³/mol. The van der Waals surface area contributed by atoms with Gasteiger partial charge in [0.1, 0.15) is 6.04 Å². The highest BCUT2D eigenvalue weighted by Gasteiger charge is 2.32. The Balaban J connectivity index is 1.79. The average molecular weight is 351 g/mol. The van der Waals surface area contributed by atoms with Gasteiger partial charge in [-0.1, -0.05) is 48.0 Å². The molecule has 0 aromatic heterocycles. The zero-order valence-electron chi connectivity index (χ0n) is 15.0. The number of aryl methyl sites for hydroxylation is 1. The van der Waals surface area contributed by atoms with Crippen molar-refractivity contribution in [1.29, 1.82) is 0 Å². The zero-order valence-corrected chi connectivity index (χ0v) is 15.0. The van der Waals surface area contributed by atoms with Gasteiger partial charge in [0.15, 0.2) is 0 Å². The minimum Gasteiger partial charge on any atom is -0.369 e. The van der Waals surface area contributed by atoms with E-state index in [-0.39, 0.29) is 23.8 Å². The number of likely N-dealkylation sites (tertiary alicyclic amines) is 1. The van der Waals surface area contributed by atoms with Crippen molar-refractivity contribution in [2.45, 2.75) is 25.8 Å². The molecule has 0 aliphatic carbocycles. The number of carbonyl (C=O) groups excluding carboxylic acids is 2. The number of primary amides is 1. The summed E-state index contributed by atoms with van der Waals surface area (Å²) in [5, 5.41) is 3.03. The SMILES string of the molecule is Cc1ccc(NC(=O)[C@@H](c2ccccc2)N2CCC(C(N)=O)CC2)cc1. The molecule has 2 aromatic rings. The van der Waals surface area contributed by atoms with Crippen LogP contribution in [0.4, 0.5) is 5.69 Å². The summed E-state index contributed by atoms with van der Waals surface area (Å²) >= 11 is 0. The fourth-order valence-electron chi connectivity index (χ4n) is 3.45. The fraction of sp³-hybridized carbons (Fsp3) is 0.333. The van der Waals surface area contributed by atoms with Gasteiger partial charge in [-0.3, -0.25) is 14.5 Å². The topological polar surface area (TPSA) is 75.4 Å². The molecule has 1 fully saturated rings. The second kappa shape index (κ2) is 8.15. The Morgan fingerprint density at radius 1 is 1.04 bits per heavy atom. The molecule has 1 atom stereocenters. The van der Waals surface area contributed by atoms with Gasteiger partial charge in [-0.15, -0.1) is 0 Å². The molecular weight excluding hydrogens is 326 g/mol. The Kier molecular flexibility index (Phi) is 5.68. The fourth-order valence-corrected chi connectivity index (χ4v) is 3.45. The van der Waals surface area contributed by atoms with Crippen LogP contribution in [-0.2, 0) is 9.59 Å². The van der Waals surface area contributed by atoms with Crippen LogP contribution in [0.2, 0.25) is 0 Å². The highest BCUT2D eigenvalue weighted by molar-refractivity contribution is 5.95. The Hall–Kier alpha value is -2.66. The Morgan fingerprint density at radius 2 is 1.65 bits per heavy atom. The molecule has 5 heteroatoms. The smallest absolute Gasteiger partial charge is 0.246 e. The van der Waals surface area contributed by atoms with Gasteiger partial charge in [0, 0.05) is 11.6 Å². The van der Waals surface area contributed by atoms with Crippen LogP contribution in [0, 0.1) is 12.8 Å². The van der Waals surface area contributed by atoms with E-state index in [9.17, 15) is 9.59 Å². The highest BCUT2D eigenvalue weighted by atomic mass is 16.2. The van der Waals surface area contributed by atoms with E-state index in [1.165, 1.54) is 0 Å². The minimum absolute atomic E-state index is 0.0578. The summed E-state index contributed by atoms with van der Waals surface area (Å²) in [5.74, 6) is -0.398. The molecular formula is C21H25N3O2. The van der Waals surface area contributed by atoms with Gasteiger partial charge in [0.05, 0.1) is 0 Å². The monoisotopic (exact) mass is 351 g/mol. The summed E-state index contributed by atoms with van der Waals surface area (Å²) in [4.78, 5) is 26.6. The standard InChI is InChI=1S/C21H25N3O2/c1-15-7-9-18(10-8-15)23-21(26)19(16-5-3-2-4-6-16)24-13-11-17(12-14-24)20(22)25/h2-10,17,19H,11-14H2,1H3,(H2,22,25)(H,23,26)/t19-/m1/s1. The normalized spacial score (nSPS) is 16.8. The van der Waals surface area contributed by atoms with Crippen molar-refractivity contribution in [3.05, 3.63) is 65.7 Å². The maximum atomic E-state index is 13.1. The predicted octanol–water partition coefficient (Wildman–Crippen LogP) is 2.87. The van der Waals surface area contributed by atoms with Crippen molar-refractivity contribution in [2.75, 3.05) is 18.4 Å². The number of carbonyl (C=O) groups is 2. The van der Waals surface area contributed by atoms with Gasteiger partial charge >= 0.3 is 0 Å². The molecule has 26 heavy (non-hydrogen) atoms. The highest BCUT2D eigenvalue weighted by Crippen LogP contribution is 2.28. The number of piperidine rings is 1. The van der Waals surface area contributed by atoms with Gasteiger partial charge in [0.2, 0.25) is 11.8 Å². The number of hydrogen-bond donors (Lipinski definition) is 2. The molecule has 2 aromatic carbocycles.